The first-order valence-electron chi connectivity index (χ1n) is 9.46. The van der Waals surface area contributed by atoms with Gasteiger partial charge in [-0.3, -0.25) is 5.01 Å². The Morgan fingerprint density at radius 1 is 1.00 bits per heavy atom. The van der Waals surface area contributed by atoms with Crippen LogP contribution in [0.3, 0.4) is 0 Å². The fourth-order valence-corrected chi connectivity index (χ4v) is 5.17. The van der Waals surface area contributed by atoms with Crippen molar-refractivity contribution in [2.45, 2.75) is 11.8 Å². The fraction of sp³-hybridized carbons (Fsp3) is 0.286. The van der Waals surface area contributed by atoms with Crippen molar-refractivity contribution < 1.29 is 12.8 Å². The summed E-state index contributed by atoms with van der Waals surface area (Å²) in [4.78, 5) is 2.30. The van der Waals surface area contributed by atoms with E-state index >= 15 is 0 Å². The fourth-order valence-electron chi connectivity index (χ4n) is 3.60. The zero-order valence-electron chi connectivity index (χ0n) is 16.4. The Morgan fingerprint density at radius 2 is 1.66 bits per heavy atom. The molecule has 0 radical (unpaired) electrons. The summed E-state index contributed by atoms with van der Waals surface area (Å²) in [5.74, 6) is -0.474. The molecule has 0 unspecified atom stereocenters. The van der Waals surface area contributed by atoms with E-state index in [4.69, 9.17) is 0 Å². The number of aromatic nitrogens is 1. The number of piperazine rings is 1. The number of halogens is 1. The topological polar surface area (TPSA) is 57.9 Å². The summed E-state index contributed by atoms with van der Waals surface area (Å²) in [7, 11) is -1.79. The van der Waals surface area contributed by atoms with Crippen molar-refractivity contribution >= 4 is 27.1 Å². The third kappa shape index (κ3) is 3.65. The van der Waals surface area contributed by atoms with Crippen LogP contribution in [0.4, 0.5) is 4.39 Å². The Bertz CT molecular complexity index is 1160. The predicted octanol–water partition coefficient (Wildman–Crippen LogP) is 2.91. The number of likely N-dealkylation sites (N-methyl/N-ethyl adjacent to an activating group) is 1. The number of hydrazone groups is 1. The van der Waals surface area contributed by atoms with E-state index in [1.165, 1.54) is 16.1 Å². The second-order valence-corrected chi connectivity index (χ2v) is 9.03. The molecule has 1 aliphatic rings. The number of hydrogen-bond donors (Lipinski definition) is 0. The predicted molar refractivity (Wildman–Crippen MR) is 112 cm³/mol. The minimum atomic E-state index is -3.87. The molecule has 0 atom stereocenters. The van der Waals surface area contributed by atoms with Gasteiger partial charge in [-0.1, -0.05) is 18.2 Å². The highest BCUT2D eigenvalue weighted by molar-refractivity contribution is 7.90. The molecule has 152 valence electrons. The first-order valence-corrected chi connectivity index (χ1v) is 10.9. The van der Waals surface area contributed by atoms with E-state index in [0.717, 1.165) is 49.3 Å². The van der Waals surface area contributed by atoms with Crippen molar-refractivity contribution in [3.63, 3.8) is 0 Å². The average Bonchev–Trinajstić information content (AvgIpc) is 3.00. The van der Waals surface area contributed by atoms with Gasteiger partial charge in [0.05, 0.1) is 16.6 Å². The van der Waals surface area contributed by atoms with Gasteiger partial charge in [0.25, 0.3) is 10.0 Å². The summed E-state index contributed by atoms with van der Waals surface area (Å²) in [5.41, 5.74) is 1.92. The third-order valence-corrected chi connectivity index (χ3v) is 7.11. The van der Waals surface area contributed by atoms with Gasteiger partial charge in [0.2, 0.25) is 0 Å². The molecule has 0 N–H and O–H groups in total. The van der Waals surface area contributed by atoms with Gasteiger partial charge >= 0.3 is 0 Å². The van der Waals surface area contributed by atoms with Crippen molar-refractivity contribution in [2.24, 2.45) is 5.10 Å². The van der Waals surface area contributed by atoms with Gasteiger partial charge in [-0.05, 0) is 44.3 Å². The minimum Gasteiger partial charge on any atom is -0.303 e. The summed E-state index contributed by atoms with van der Waals surface area (Å²) in [6.45, 7) is 5.32. The molecular weight excluding hydrogens is 391 g/mol. The molecule has 1 aliphatic heterocycles. The zero-order valence-corrected chi connectivity index (χ0v) is 17.2. The van der Waals surface area contributed by atoms with Gasteiger partial charge in [0.1, 0.15) is 5.82 Å². The molecule has 2 aromatic carbocycles. The highest BCUT2D eigenvalue weighted by Crippen LogP contribution is 2.29. The molecule has 1 saturated heterocycles. The van der Waals surface area contributed by atoms with Crippen LogP contribution < -0.4 is 0 Å². The van der Waals surface area contributed by atoms with E-state index in [-0.39, 0.29) is 4.90 Å². The van der Waals surface area contributed by atoms with Crippen molar-refractivity contribution in [1.29, 1.82) is 0 Å². The van der Waals surface area contributed by atoms with Crippen molar-refractivity contribution in [3.05, 3.63) is 65.6 Å². The molecule has 0 amide bonds. The maximum atomic E-state index is 13.3. The molecule has 0 saturated carbocycles. The number of benzene rings is 2. The molecule has 2 heterocycles. The summed E-state index contributed by atoms with van der Waals surface area (Å²) in [6.07, 6.45) is 1.75. The van der Waals surface area contributed by atoms with E-state index in [9.17, 15) is 12.8 Å². The molecular formula is C21H23FN4O2S. The Morgan fingerprint density at radius 3 is 2.34 bits per heavy atom. The Hall–Kier alpha value is -2.71. The largest absolute Gasteiger partial charge is 0.303 e. The van der Waals surface area contributed by atoms with Gasteiger partial charge < -0.3 is 4.90 Å². The quantitative estimate of drug-likeness (QED) is 0.616. The number of rotatable bonds is 4. The van der Waals surface area contributed by atoms with Crippen LogP contribution in [0.2, 0.25) is 0 Å². The molecule has 29 heavy (non-hydrogen) atoms. The van der Waals surface area contributed by atoms with Crippen LogP contribution in [-0.2, 0) is 10.0 Å². The normalized spacial score (nSPS) is 16.2. The monoisotopic (exact) mass is 414 g/mol. The second-order valence-electron chi connectivity index (χ2n) is 7.24. The van der Waals surface area contributed by atoms with Crippen molar-refractivity contribution in [3.8, 4) is 0 Å². The molecule has 1 fully saturated rings. The van der Waals surface area contributed by atoms with Gasteiger partial charge in [-0.2, -0.15) is 5.10 Å². The minimum absolute atomic E-state index is 0.0466. The van der Waals surface area contributed by atoms with Crippen molar-refractivity contribution in [2.75, 3.05) is 33.2 Å². The molecule has 4 rings (SSSR count). The maximum absolute atomic E-state index is 13.3. The highest BCUT2D eigenvalue weighted by Gasteiger charge is 2.24. The molecule has 1 aromatic heterocycles. The number of nitrogens with zero attached hydrogens (tertiary/aromatic N) is 4. The number of hydrogen-bond acceptors (Lipinski definition) is 5. The standard InChI is InChI=1S/C21H23FN4O2S/c1-16-20(15-23-25-13-11-24(2)12-14-25)19-5-3-4-6-21(19)26(16)29(27,28)18-9-7-17(22)8-10-18/h3-10,15H,11-14H2,1-2H3/b23-15+. The average molecular weight is 415 g/mol. The summed E-state index contributed by atoms with van der Waals surface area (Å²) < 4.78 is 41.2. The Kier molecular flexibility index (Phi) is 5.14. The third-order valence-electron chi connectivity index (χ3n) is 5.29. The SMILES string of the molecule is Cc1c(/C=N/N2CCN(C)CC2)c2ccccc2n1S(=O)(=O)c1ccc(F)cc1. The van der Waals surface area contributed by atoms with Gasteiger partial charge in [-0.25, -0.2) is 16.8 Å². The maximum Gasteiger partial charge on any atom is 0.268 e. The molecule has 0 spiro atoms. The smallest absolute Gasteiger partial charge is 0.268 e. The number of para-hydroxylation sites is 1. The lowest BCUT2D eigenvalue weighted by Gasteiger charge is -2.30. The van der Waals surface area contributed by atoms with Crippen LogP contribution in [0.5, 0.6) is 0 Å². The Balaban J connectivity index is 1.80. The van der Waals surface area contributed by atoms with Crippen LogP contribution in [0.1, 0.15) is 11.3 Å². The molecule has 8 heteroatoms. The van der Waals surface area contributed by atoms with Crippen molar-refractivity contribution in [1.82, 2.24) is 13.9 Å². The van der Waals surface area contributed by atoms with Crippen LogP contribution in [0, 0.1) is 12.7 Å². The highest BCUT2D eigenvalue weighted by atomic mass is 32.2. The van der Waals surface area contributed by atoms with Crippen LogP contribution >= 0.6 is 0 Å². The van der Waals surface area contributed by atoms with Gasteiger partial charge in [0, 0.05) is 42.8 Å². The molecule has 3 aromatic rings. The van der Waals surface area contributed by atoms with E-state index in [2.05, 4.69) is 17.0 Å². The first-order chi connectivity index (χ1) is 13.9. The lowest BCUT2D eigenvalue weighted by molar-refractivity contribution is 0.159. The summed E-state index contributed by atoms with van der Waals surface area (Å²) >= 11 is 0. The molecule has 0 aliphatic carbocycles. The van der Waals surface area contributed by atoms with E-state index in [1.54, 1.807) is 25.3 Å². The lowest BCUT2D eigenvalue weighted by atomic mass is 10.1. The Labute approximate surface area is 169 Å². The second kappa shape index (κ2) is 7.61. The van der Waals surface area contributed by atoms with E-state index < -0.39 is 15.8 Å². The van der Waals surface area contributed by atoms with Gasteiger partial charge in [-0.15, -0.1) is 0 Å². The first kappa shape index (κ1) is 19.6. The number of fused-ring (bicyclic) bond motifs is 1. The zero-order chi connectivity index (χ0) is 20.6. The van der Waals surface area contributed by atoms with Crippen LogP contribution in [0.25, 0.3) is 10.9 Å². The molecule has 0 bridgehead atoms. The summed E-state index contributed by atoms with van der Waals surface area (Å²) in [5, 5.41) is 7.42. The van der Waals surface area contributed by atoms with E-state index in [0.29, 0.717) is 11.2 Å². The van der Waals surface area contributed by atoms with Gasteiger partial charge in [0.15, 0.2) is 0 Å². The van der Waals surface area contributed by atoms with E-state index in [1.807, 2.05) is 17.1 Å². The lowest BCUT2D eigenvalue weighted by Crippen LogP contribution is -2.41. The van der Waals surface area contributed by atoms with Crippen LogP contribution in [0.15, 0.2) is 58.5 Å². The van der Waals surface area contributed by atoms with Crippen LogP contribution in [-0.4, -0.2) is 61.7 Å². The summed E-state index contributed by atoms with van der Waals surface area (Å²) in [6, 6.07) is 12.2. The molecule has 6 nitrogen and oxygen atoms in total.